The molecular weight excluding hydrogens is 202 g/mol. The first-order chi connectivity index (χ1) is 6.42. The Balaban J connectivity index is 2.29. The molecule has 0 radical (unpaired) electrons. The molecule has 0 aliphatic heterocycles. The number of thiophene rings is 2. The summed E-state index contributed by atoms with van der Waals surface area (Å²) in [6.45, 7) is 0. The van der Waals surface area contributed by atoms with Crippen LogP contribution in [0.1, 0.15) is 15.8 Å². The summed E-state index contributed by atoms with van der Waals surface area (Å²) in [5.74, 6) is 0. The molecule has 0 atom stereocenters. The molecule has 2 heterocycles. The van der Waals surface area contributed by atoms with E-state index in [0.717, 1.165) is 9.75 Å². The standard InChI is InChI=1S/C9H9NOS2/c11-10-9(7-3-1-5-12-7)8-4-2-6-13-8/h1-6,9-11H. The number of hydroxylamine groups is 1. The van der Waals surface area contributed by atoms with Gasteiger partial charge in [-0.2, -0.15) is 5.48 Å². The van der Waals surface area contributed by atoms with Crippen molar-refractivity contribution in [3.63, 3.8) is 0 Å². The molecule has 0 fully saturated rings. The summed E-state index contributed by atoms with van der Waals surface area (Å²) in [6, 6.07) is 7.92. The normalized spacial score (nSPS) is 10.9. The van der Waals surface area contributed by atoms with Crippen LogP contribution in [0.3, 0.4) is 0 Å². The van der Waals surface area contributed by atoms with Crippen molar-refractivity contribution in [2.75, 3.05) is 0 Å². The number of hydrogen-bond donors (Lipinski definition) is 2. The van der Waals surface area contributed by atoms with E-state index in [1.165, 1.54) is 0 Å². The van der Waals surface area contributed by atoms with Crippen LogP contribution in [0.5, 0.6) is 0 Å². The number of rotatable bonds is 3. The molecule has 0 spiro atoms. The van der Waals surface area contributed by atoms with Crippen LogP contribution in [-0.4, -0.2) is 5.21 Å². The van der Waals surface area contributed by atoms with Crippen molar-refractivity contribution in [3.8, 4) is 0 Å². The highest BCUT2D eigenvalue weighted by Crippen LogP contribution is 2.28. The van der Waals surface area contributed by atoms with Gasteiger partial charge in [0.25, 0.3) is 0 Å². The van der Waals surface area contributed by atoms with Crippen molar-refractivity contribution < 1.29 is 5.21 Å². The first-order valence-corrected chi connectivity index (χ1v) is 5.64. The quantitative estimate of drug-likeness (QED) is 0.765. The summed E-state index contributed by atoms with van der Waals surface area (Å²) < 4.78 is 0. The predicted octanol–water partition coefficient (Wildman–Crippen LogP) is 2.88. The van der Waals surface area contributed by atoms with Crippen LogP contribution in [0.25, 0.3) is 0 Å². The second-order valence-corrected chi connectivity index (χ2v) is 4.55. The van der Waals surface area contributed by atoms with Crippen LogP contribution in [0, 0.1) is 0 Å². The molecule has 0 amide bonds. The zero-order valence-electron chi connectivity index (χ0n) is 6.81. The lowest BCUT2D eigenvalue weighted by Gasteiger charge is -2.10. The first-order valence-electron chi connectivity index (χ1n) is 3.88. The van der Waals surface area contributed by atoms with Crippen LogP contribution in [-0.2, 0) is 0 Å². The maximum atomic E-state index is 9.03. The zero-order valence-corrected chi connectivity index (χ0v) is 8.44. The minimum Gasteiger partial charge on any atom is -0.316 e. The molecule has 0 aromatic carbocycles. The van der Waals surface area contributed by atoms with E-state index in [2.05, 4.69) is 5.48 Å². The molecule has 2 aromatic rings. The molecule has 4 heteroatoms. The van der Waals surface area contributed by atoms with Crippen LogP contribution in [0.15, 0.2) is 35.0 Å². The Morgan fingerprint density at radius 2 is 1.62 bits per heavy atom. The maximum Gasteiger partial charge on any atom is 0.100 e. The van der Waals surface area contributed by atoms with Gasteiger partial charge < -0.3 is 5.21 Å². The van der Waals surface area contributed by atoms with E-state index in [1.54, 1.807) is 22.7 Å². The molecule has 2 N–H and O–H groups in total. The Bertz CT molecular complexity index is 307. The van der Waals surface area contributed by atoms with Crippen LogP contribution < -0.4 is 5.48 Å². The summed E-state index contributed by atoms with van der Waals surface area (Å²) in [4.78, 5) is 2.26. The molecule has 2 aromatic heterocycles. The highest BCUT2D eigenvalue weighted by atomic mass is 32.1. The van der Waals surface area contributed by atoms with E-state index in [-0.39, 0.29) is 6.04 Å². The molecule has 2 rings (SSSR count). The molecule has 0 aliphatic carbocycles. The summed E-state index contributed by atoms with van der Waals surface area (Å²) in [5, 5.41) is 13.0. The monoisotopic (exact) mass is 211 g/mol. The number of nitrogens with one attached hydrogen (secondary N) is 1. The molecular formula is C9H9NOS2. The maximum absolute atomic E-state index is 9.03. The van der Waals surface area contributed by atoms with E-state index in [9.17, 15) is 0 Å². The highest BCUT2D eigenvalue weighted by molar-refractivity contribution is 7.11. The van der Waals surface area contributed by atoms with Crippen molar-refractivity contribution in [2.45, 2.75) is 6.04 Å². The summed E-state index contributed by atoms with van der Waals surface area (Å²) >= 11 is 3.28. The van der Waals surface area contributed by atoms with Gasteiger partial charge in [0.05, 0.1) is 0 Å². The Labute approximate surface area is 84.4 Å². The van der Waals surface area contributed by atoms with Gasteiger partial charge >= 0.3 is 0 Å². The Morgan fingerprint density at radius 3 is 1.92 bits per heavy atom. The van der Waals surface area contributed by atoms with Gasteiger partial charge in [0.15, 0.2) is 0 Å². The molecule has 68 valence electrons. The molecule has 0 saturated heterocycles. The van der Waals surface area contributed by atoms with E-state index in [0.29, 0.717) is 0 Å². The third-order valence-corrected chi connectivity index (χ3v) is 3.66. The third kappa shape index (κ3) is 1.81. The Kier molecular flexibility index (Phi) is 2.75. The topological polar surface area (TPSA) is 32.3 Å². The van der Waals surface area contributed by atoms with Gasteiger partial charge in [0.2, 0.25) is 0 Å². The lowest BCUT2D eigenvalue weighted by atomic mass is 10.2. The van der Waals surface area contributed by atoms with E-state index >= 15 is 0 Å². The number of hydrogen-bond acceptors (Lipinski definition) is 4. The van der Waals surface area contributed by atoms with E-state index < -0.39 is 0 Å². The molecule has 0 saturated carbocycles. The van der Waals surface area contributed by atoms with Crippen molar-refractivity contribution >= 4 is 22.7 Å². The van der Waals surface area contributed by atoms with Gasteiger partial charge in [-0.1, -0.05) is 12.1 Å². The van der Waals surface area contributed by atoms with Crippen molar-refractivity contribution in [3.05, 3.63) is 44.8 Å². The fourth-order valence-electron chi connectivity index (χ4n) is 1.18. The Morgan fingerprint density at radius 1 is 1.08 bits per heavy atom. The molecule has 13 heavy (non-hydrogen) atoms. The fourth-order valence-corrected chi connectivity index (χ4v) is 2.83. The minimum atomic E-state index is -0.0694. The second-order valence-electron chi connectivity index (χ2n) is 2.59. The smallest absolute Gasteiger partial charge is 0.100 e. The highest BCUT2D eigenvalue weighted by Gasteiger charge is 2.14. The lowest BCUT2D eigenvalue weighted by Crippen LogP contribution is -2.15. The van der Waals surface area contributed by atoms with E-state index in [1.807, 2.05) is 35.0 Å². The van der Waals surface area contributed by atoms with Crippen LogP contribution >= 0.6 is 22.7 Å². The summed E-state index contributed by atoms with van der Waals surface area (Å²) in [6.07, 6.45) is 0. The largest absolute Gasteiger partial charge is 0.316 e. The van der Waals surface area contributed by atoms with Gasteiger partial charge in [0.1, 0.15) is 6.04 Å². The Hall–Kier alpha value is -0.680. The summed E-state index contributed by atoms with van der Waals surface area (Å²) in [5.41, 5.74) is 2.33. The van der Waals surface area contributed by atoms with Gasteiger partial charge in [-0.05, 0) is 22.9 Å². The fraction of sp³-hybridized carbons (Fsp3) is 0.111. The van der Waals surface area contributed by atoms with Gasteiger partial charge in [-0.3, -0.25) is 0 Å². The van der Waals surface area contributed by atoms with Crippen molar-refractivity contribution in [1.82, 2.24) is 5.48 Å². The lowest BCUT2D eigenvalue weighted by molar-refractivity contribution is 0.143. The molecule has 0 aliphatic rings. The molecule has 0 unspecified atom stereocenters. The SMILES string of the molecule is ONC(c1cccs1)c1cccs1. The predicted molar refractivity (Wildman–Crippen MR) is 55.4 cm³/mol. The van der Waals surface area contributed by atoms with E-state index in [4.69, 9.17) is 5.21 Å². The van der Waals surface area contributed by atoms with Crippen molar-refractivity contribution in [1.29, 1.82) is 0 Å². The van der Waals surface area contributed by atoms with Crippen LogP contribution in [0.4, 0.5) is 0 Å². The average Bonchev–Trinajstić information content (AvgIpc) is 2.76. The average molecular weight is 211 g/mol. The van der Waals surface area contributed by atoms with Crippen LogP contribution in [0.2, 0.25) is 0 Å². The summed E-state index contributed by atoms with van der Waals surface area (Å²) in [7, 11) is 0. The zero-order chi connectivity index (χ0) is 9.10. The minimum absolute atomic E-state index is 0.0694. The van der Waals surface area contributed by atoms with Gasteiger partial charge in [0, 0.05) is 9.75 Å². The second kappa shape index (κ2) is 4.02. The van der Waals surface area contributed by atoms with Gasteiger partial charge in [-0.15, -0.1) is 22.7 Å². The molecule has 0 bridgehead atoms. The third-order valence-electron chi connectivity index (χ3n) is 1.78. The first kappa shape index (κ1) is 8.90. The van der Waals surface area contributed by atoms with Crippen molar-refractivity contribution in [2.24, 2.45) is 0 Å². The molecule has 2 nitrogen and oxygen atoms in total. The van der Waals surface area contributed by atoms with Gasteiger partial charge in [-0.25, -0.2) is 0 Å².